The fraction of sp³-hybridized carbons (Fsp3) is 0.231. The summed E-state index contributed by atoms with van der Waals surface area (Å²) in [5, 5.41) is 10.1. The van der Waals surface area contributed by atoms with Gasteiger partial charge in [0.15, 0.2) is 6.61 Å². The molecule has 0 radical (unpaired) electrons. The normalized spacial score (nSPS) is 11.4. The van der Waals surface area contributed by atoms with Gasteiger partial charge in [-0.1, -0.05) is 12.1 Å². The molecular weight excluding hydrogens is 291 g/mol. The molecule has 8 heteroatoms. The molecule has 0 aromatic heterocycles. The van der Waals surface area contributed by atoms with Crippen LogP contribution in [0.15, 0.2) is 30.3 Å². The number of rotatable bonds is 6. The predicted octanol–water partition coefficient (Wildman–Crippen LogP) is 1.84. The van der Waals surface area contributed by atoms with Gasteiger partial charge in [-0.15, -0.1) is 0 Å². The van der Waals surface area contributed by atoms with Crippen molar-refractivity contribution < 1.29 is 32.6 Å². The molecule has 1 amide bonds. The van der Waals surface area contributed by atoms with Gasteiger partial charge < -0.3 is 15.2 Å². The summed E-state index contributed by atoms with van der Waals surface area (Å²) in [5.74, 6) is -1.78. The minimum Gasteiger partial charge on any atom is -0.484 e. The van der Waals surface area contributed by atoms with Gasteiger partial charge in [-0.05, 0) is 23.8 Å². The number of nitrogens with one attached hydrogen (secondary N) is 1. The second-order valence-corrected chi connectivity index (χ2v) is 3.92. The van der Waals surface area contributed by atoms with E-state index in [-0.39, 0.29) is 5.75 Å². The zero-order valence-electron chi connectivity index (χ0n) is 10.7. The molecule has 0 atom stereocenters. The topological polar surface area (TPSA) is 75.6 Å². The minimum absolute atomic E-state index is 0.240. The van der Waals surface area contributed by atoms with Crippen LogP contribution >= 0.6 is 0 Å². The Hall–Kier alpha value is -2.51. The highest BCUT2D eigenvalue weighted by Crippen LogP contribution is 2.15. The van der Waals surface area contributed by atoms with Crippen LogP contribution in [-0.2, 0) is 9.59 Å². The zero-order chi connectivity index (χ0) is 15.9. The standard InChI is InChI=1S/C13H12F3NO4/c14-13(15,16)8-17-11(18)7-21-10-3-1-2-9(6-10)4-5-12(19)20/h1-6H,7-8H2,(H,17,18)(H,19,20). The third kappa shape index (κ3) is 7.61. The molecule has 0 aliphatic rings. The molecule has 0 saturated heterocycles. The van der Waals surface area contributed by atoms with Crippen LogP contribution < -0.4 is 10.1 Å². The monoisotopic (exact) mass is 303 g/mol. The molecule has 1 aromatic rings. The summed E-state index contributed by atoms with van der Waals surface area (Å²) >= 11 is 0. The van der Waals surface area contributed by atoms with Crippen molar-refractivity contribution in [1.82, 2.24) is 5.32 Å². The minimum atomic E-state index is -4.47. The molecule has 0 unspecified atom stereocenters. The maximum absolute atomic E-state index is 11.9. The van der Waals surface area contributed by atoms with Crippen LogP contribution in [0.2, 0.25) is 0 Å². The van der Waals surface area contributed by atoms with Crippen molar-refractivity contribution in [2.24, 2.45) is 0 Å². The van der Waals surface area contributed by atoms with Crippen LogP contribution in [0.25, 0.3) is 6.08 Å². The lowest BCUT2D eigenvalue weighted by molar-refractivity contribution is -0.139. The Morgan fingerprint density at radius 1 is 1.33 bits per heavy atom. The van der Waals surface area contributed by atoms with Crippen LogP contribution in [0.4, 0.5) is 13.2 Å². The van der Waals surface area contributed by atoms with Crippen LogP contribution in [0, 0.1) is 0 Å². The van der Waals surface area contributed by atoms with Crippen LogP contribution in [0.1, 0.15) is 5.56 Å². The molecule has 0 saturated carbocycles. The van der Waals surface area contributed by atoms with E-state index in [4.69, 9.17) is 9.84 Å². The molecule has 2 N–H and O–H groups in total. The van der Waals surface area contributed by atoms with Crippen molar-refractivity contribution in [2.45, 2.75) is 6.18 Å². The molecule has 0 spiro atoms. The first-order chi connectivity index (χ1) is 9.76. The fourth-order valence-electron chi connectivity index (χ4n) is 1.27. The van der Waals surface area contributed by atoms with Gasteiger partial charge in [0.25, 0.3) is 5.91 Å². The van der Waals surface area contributed by atoms with Gasteiger partial charge in [0.1, 0.15) is 12.3 Å². The number of amides is 1. The van der Waals surface area contributed by atoms with Gasteiger partial charge >= 0.3 is 12.1 Å². The number of hydrogen-bond donors (Lipinski definition) is 2. The summed E-state index contributed by atoms with van der Waals surface area (Å²) in [5.41, 5.74) is 0.519. The lowest BCUT2D eigenvalue weighted by Crippen LogP contribution is -2.36. The predicted molar refractivity (Wildman–Crippen MR) is 67.7 cm³/mol. The molecule has 0 bridgehead atoms. The van der Waals surface area contributed by atoms with Gasteiger partial charge in [-0.25, -0.2) is 4.79 Å². The number of carbonyl (C=O) groups is 2. The lowest BCUT2D eigenvalue weighted by Gasteiger charge is -2.09. The number of carboxylic acids is 1. The molecule has 0 aliphatic heterocycles. The lowest BCUT2D eigenvalue weighted by atomic mass is 10.2. The van der Waals surface area contributed by atoms with E-state index in [1.54, 1.807) is 17.4 Å². The number of ether oxygens (including phenoxy) is 1. The maximum Gasteiger partial charge on any atom is 0.405 e. The van der Waals surface area contributed by atoms with Crippen molar-refractivity contribution >= 4 is 18.0 Å². The average molecular weight is 303 g/mol. The zero-order valence-corrected chi connectivity index (χ0v) is 10.7. The second-order valence-electron chi connectivity index (χ2n) is 3.92. The molecule has 21 heavy (non-hydrogen) atoms. The Balaban J connectivity index is 2.50. The van der Waals surface area contributed by atoms with E-state index in [2.05, 4.69) is 0 Å². The highest BCUT2D eigenvalue weighted by atomic mass is 19.4. The van der Waals surface area contributed by atoms with E-state index < -0.39 is 31.2 Å². The van der Waals surface area contributed by atoms with Crippen molar-refractivity contribution in [1.29, 1.82) is 0 Å². The Labute approximate surface area is 118 Å². The highest BCUT2D eigenvalue weighted by molar-refractivity contribution is 5.85. The number of hydrogen-bond acceptors (Lipinski definition) is 3. The molecule has 1 rings (SSSR count). The van der Waals surface area contributed by atoms with E-state index in [0.717, 1.165) is 6.08 Å². The van der Waals surface area contributed by atoms with Crippen LogP contribution in [0.5, 0.6) is 5.75 Å². The quantitative estimate of drug-likeness (QED) is 0.786. The van der Waals surface area contributed by atoms with Crippen LogP contribution in [0.3, 0.4) is 0 Å². The Kier molecular flexibility index (Phi) is 5.77. The molecule has 5 nitrogen and oxygen atoms in total. The van der Waals surface area contributed by atoms with E-state index in [9.17, 15) is 22.8 Å². The number of benzene rings is 1. The SMILES string of the molecule is O=C(O)C=Cc1cccc(OCC(=O)NCC(F)(F)F)c1. The summed E-state index contributed by atoms with van der Waals surface area (Å²) < 4.78 is 40.6. The van der Waals surface area contributed by atoms with Crippen molar-refractivity contribution in [3.8, 4) is 5.75 Å². The molecule has 114 valence electrons. The van der Waals surface area contributed by atoms with Gasteiger partial charge in [0.05, 0.1) is 0 Å². The first-order valence-electron chi connectivity index (χ1n) is 5.73. The molecule has 0 aliphatic carbocycles. The van der Waals surface area contributed by atoms with Crippen molar-refractivity contribution in [2.75, 3.05) is 13.2 Å². The van der Waals surface area contributed by atoms with E-state index in [1.165, 1.54) is 18.2 Å². The van der Waals surface area contributed by atoms with Gasteiger partial charge in [0.2, 0.25) is 0 Å². The molecular formula is C13H12F3NO4. The van der Waals surface area contributed by atoms with Crippen molar-refractivity contribution in [3.05, 3.63) is 35.9 Å². The van der Waals surface area contributed by atoms with E-state index >= 15 is 0 Å². The Morgan fingerprint density at radius 3 is 2.67 bits per heavy atom. The number of alkyl halides is 3. The Bertz CT molecular complexity index is 540. The summed E-state index contributed by atoms with van der Waals surface area (Å²) in [7, 11) is 0. The summed E-state index contributed by atoms with van der Waals surface area (Å²) in [4.78, 5) is 21.5. The number of carbonyl (C=O) groups excluding carboxylic acids is 1. The highest BCUT2D eigenvalue weighted by Gasteiger charge is 2.27. The largest absolute Gasteiger partial charge is 0.484 e. The first kappa shape index (κ1) is 16.5. The van der Waals surface area contributed by atoms with E-state index in [1.807, 2.05) is 0 Å². The van der Waals surface area contributed by atoms with Gasteiger partial charge in [0, 0.05) is 6.08 Å². The summed E-state index contributed by atoms with van der Waals surface area (Å²) in [6.45, 7) is -1.99. The maximum atomic E-state index is 11.9. The van der Waals surface area contributed by atoms with Gasteiger partial charge in [-0.3, -0.25) is 4.79 Å². The fourth-order valence-corrected chi connectivity index (χ4v) is 1.27. The second kappa shape index (κ2) is 7.32. The van der Waals surface area contributed by atoms with Gasteiger partial charge in [-0.2, -0.15) is 13.2 Å². The number of aliphatic carboxylic acids is 1. The Morgan fingerprint density at radius 2 is 2.05 bits per heavy atom. The number of carboxylic acid groups (broad SMARTS) is 1. The molecule has 1 aromatic carbocycles. The number of halogens is 3. The summed E-state index contributed by atoms with van der Waals surface area (Å²) in [6.07, 6.45) is -2.23. The molecule has 0 fully saturated rings. The third-order valence-electron chi connectivity index (χ3n) is 2.13. The van der Waals surface area contributed by atoms with E-state index in [0.29, 0.717) is 5.56 Å². The molecule has 0 heterocycles. The summed E-state index contributed by atoms with van der Waals surface area (Å²) in [6, 6.07) is 6.12. The van der Waals surface area contributed by atoms with Crippen molar-refractivity contribution in [3.63, 3.8) is 0 Å². The smallest absolute Gasteiger partial charge is 0.405 e. The first-order valence-corrected chi connectivity index (χ1v) is 5.73. The van der Waals surface area contributed by atoms with Crippen LogP contribution in [-0.4, -0.2) is 36.3 Å². The third-order valence-corrected chi connectivity index (χ3v) is 2.13. The average Bonchev–Trinajstić information content (AvgIpc) is 2.40.